The average Bonchev–Trinajstić information content (AvgIpc) is 2.90. The van der Waals surface area contributed by atoms with Gasteiger partial charge in [-0.05, 0) is 19.4 Å². The molecule has 1 aliphatic rings. The lowest BCUT2D eigenvalue weighted by atomic mass is 10.1. The second kappa shape index (κ2) is 7.00. The van der Waals surface area contributed by atoms with Crippen molar-refractivity contribution in [1.29, 1.82) is 0 Å². The number of rotatable bonds is 6. The first kappa shape index (κ1) is 15.2. The summed E-state index contributed by atoms with van der Waals surface area (Å²) in [7, 11) is 0. The van der Waals surface area contributed by atoms with E-state index >= 15 is 0 Å². The van der Waals surface area contributed by atoms with Crippen molar-refractivity contribution < 1.29 is 9.72 Å². The van der Waals surface area contributed by atoms with Crippen LogP contribution in [0.3, 0.4) is 0 Å². The van der Waals surface area contributed by atoms with Gasteiger partial charge in [0.1, 0.15) is 11.7 Å². The number of nitrogens with one attached hydrogen (secondary N) is 4. The van der Waals surface area contributed by atoms with E-state index in [0.717, 1.165) is 6.42 Å². The molecular formula is C13H19N5O3. The Morgan fingerprint density at radius 1 is 1.38 bits per heavy atom. The second-order valence-corrected chi connectivity index (χ2v) is 4.97. The van der Waals surface area contributed by atoms with Crippen LogP contribution in [0.15, 0.2) is 24.3 Å². The Bertz CT molecular complexity index is 522. The summed E-state index contributed by atoms with van der Waals surface area (Å²) in [6.07, 6.45) is 0.740. The highest BCUT2D eigenvalue weighted by Crippen LogP contribution is 2.22. The van der Waals surface area contributed by atoms with Crippen molar-refractivity contribution in [3.05, 3.63) is 34.4 Å². The second-order valence-electron chi connectivity index (χ2n) is 4.97. The van der Waals surface area contributed by atoms with E-state index in [2.05, 4.69) is 21.5 Å². The van der Waals surface area contributed by atoms with Crippen molar-refractivity contribution in [2.45, 2.75) is 25.4 Å². The van der Waals surface area contributed by atoms with Gasteiger partial charge in [0, 0.05) is 25.2 Å². The number of amides is 1. The molecule has 1 aromatic carbocycles. The monoisotopic (exact) mass is 293 g/mol. The third-order valence-corrected chi connectivity index (χ3v) is 3.25. The first-order valence-electron chi connectivity index (χ1n) is 6.84. The van der Waals surface area contributed by atoms with E-state index in [1.54, 1.807) is 18.2 Å². The molecule has 8 heteroatoms. The van der Waals surface area contributed by atoms with E-state index in [9.17, 15) is 14.9 Å². The predicted molar refractivity (Wildman–Crippen MR) is 78.7 cm³/mol. The molecule has 1 aliphatic heterocycles. The molecule has 1 aromatic rings. The normalized spacial score (nSPS) is 21.0. The fraction of sp³-hybridized carbons (Fsp3) is 0.462. The van der Waals surface area contributed by atoms with Crippen LogP contribution in [0, 0.1) is 10.1 Å². The van der Waals surface area contributed by atoms with Crippen molar-refractivity contribution in [3.8, 4) is 0 Å². The Morgan fingerprint density at radius 2 is 2.14 bits per heavy atom. The van der Waals surface area contributed by atoms with Gasteiger partial charge >= 0.3 is 0 Å². The zero-order chi connectivity index (χ0) is 15.2. The number of anilines is 1. The van der Waals surface area contributed by atoms with E-state index in [1.165, 1.54) is 6.07 Å². The molecule has 1 fully saturated rings. The number of nitro groups is 1. The summed E-state index contributed by atoms with van der Waals surface area (Å²) in [6, 6.07) is 6.46. The molecule has 4 N–H and O–H groups in total. The minimum Gasteiger partial charge on any atom is -0.378 e. The van der Waals surface area contributed by atoms with Crippen LogP contribution in [0.2, 0.25) is 0 Å². The summed E-state index contributed by atoms with van der Waals surface area (Å²) in [6.45, 7) is 2.82. The maximum Gasteiger partial charge on any atom is 0.292 e. The third-order valence-electron chi connectivity index (χ3n) is 3.25. The Balaban J connectivity index is 1.75. The quantitative estimate of drug-likeness (QED) is 0.343. The summed E-state index contributed by atoms with van der Waals surface area (Å²) >= 11 is 0. The van der Waals surface area contributed by atoms with Gasteiger partial charge in [0.15, 0.2) is 0 Å². The molecule has 0 bridgehead atoms. The number of hydrogen-bond donors (Lipinski definition) is 4. The Labute approximate surface area is 122 Å². The number of para-hydroxylation sites is 2. The van der Waals surface area contributed by atoms with Gasteiger partial charge in [-0.3, -0.25) is 20.3 Å². The first-order valence-corrected chi connectivity index (χ1v) is 6.84. The van der Waals surface area contributed by atoms with E-state index in [-0.39, 0.29) is 23.7 Å². The minimum atomic E-state index is -0.434. The summed E-state index contributed by atoms with van der Waals surface area (Å²) < 4.78 is 0. The van der Waals surface area contributed by atoms with Crippen LogP contribution in [0.1, 0.15) is 13.3 Å². The van der Waals surface area contributed by atoms with Gasteiger partial charge in [0.05, 0.1) is 4.92 Å². The van der Waals surface area contributed by atoms with Crippen LogP contribution >= 0.6 is 0 Å². The smallest absolute Gasteiger partial charge is 0.292 e. The number of benzene rings is 1. The molecule has 2 unspecified atom stereocenters. The molecule has 2 rings (SSSR count). The van der Waals surface area contributed by atoms with Gasteiger partial charge in [-0.25, -0.2) is 5.43 Å². The van der Waals surface area contributed by atoms with E-state index in [4.69, 9.17) is 0 Å². The Kier molecular flexibility index (Phi) is 5.07. The number of carbonyl (C=O) groups excluding carboxylic acids is 1. The predicted octanol–water partition coefficient (Wildman–Crippen LogP) is 0.378. The lowest BCUT2D eigenvalue weighted by Crippen LogP contribution is -2.44. The van der Waals surface area contributed by atoms with Crippen LogP contribution in [-0.4, -0.2) is 36.0 Å². The molecule has 8 nitrogen and oxygen atoms in total. The lowest BCUT2D eigenvalue weighted by Gasteiger charge is -2.11. The van der Waals surface area contributed by atoms with E-state index < -0.39 is 4.92 Å². The fourth-order valence-electron chi connectivity index (χ4n) is 2.18. The zero-order valence-electron chi connectivity index (χ0n) is 11.8. The molecule has 1 saturated heterocycles. The van der Waals surface area contributed by atoms with Gasteiger partial charge in [-0.15, -0.1) is 0 Å². The molecule has 1 amide bonds. The fourth-order valence-corrected chi connectivity index (χ4v) is 2.18. The standard InChI is InChI=1S/C13H19N5O3/c1-9-8-11(17-16-9)13(19)15-7-6-14-10-4-2-3-5-12(10)18(20)21/h2-5,9,11,14,16-17H,6-8H2,1H3,(H,15,19). The highest BCUT2D eigenvalue weighted by atomic mass is 16.6. The molecule has 0 aromatic heterocycles. The highest BCUT2D eigenvalue weighted by molar-refractivity contribution is 5.82. The molecule has 0 aliphatic carbocycles. The van der Waals surface area contributed by atoms with Crippen molar-refractivity contribution in [1.82, 2.24) is 16.2 Å². The Hall–Kier alpha value is -2.19. The SMILES string of the molecule is CC1CC(C(=O)NCCNc2ccccc2[N+](=O)[O-])NN1. The van der Waals surface area contributed by atoms with Crippen molar-refractivity contribution >= 4 is 17.3 Å². The van der Waals surface area contributed by atoms with Crippen molar-refractivity contribution in [2.75, 3.05) is 18.4 Å². The number of hydrazine groups is 1. The molecule has 1 heterocycles. The van der Waals surface area contributed by atoms with Crippen molar-refractivity contribution in [2.24, 2.45) is 0 Å². The molecule has 0 saturated carbocycles. The maximum atomic E-state index is 11.8. The summed E-state index contributed by atoms with van der Waals surface area (Å²) in [5.41, 5.74) is 6.38. The molecule has 0 radical (unpaired) electrons. The summed E-state index contributed by atoms with van der Waals surface area (Å²) in [5, 5.41) is 16.6. The molecule has 2 atom stereocenters. The van der Waals surface area contributed by atoms with Gasteiger partial charge in [-0.1, -0.05) is 12.1 Å². The van der Waals surface area contributed by atoms with Gasteiger partial charge in [0.2, 0.25) is 5.91 Å². The van der Waals surface area contributed by atoms with Gasteiger partial charge in [0.25, 0.3) is 5.69 Å². The van der Waals surface area contributed by atoms with E-state index in [1.807, 2.05) is 6.92 Å². The Morgan fingerprint density at radius 3 is 2.81 bits per heavy atom. The maximum absolute atomic E-state index is 11.8. The number of carbonyl (C=O) groups is 1. The van der Waals surface area contributed by atoms with E-state index in [0.29, 0.717) is 18.8 Å². The molecule has 114 valence electrons. The summed E-state index contributed by atoms with van der Waals surface area (Å²) in [5.74, 6) is -0.0730. The van der Waals surface area contributed by atoms with Crippen LogP contribution in [0.25, 0.3) is 0 Å². The number of nitrogens with zero attached hydrogens (tertiary/aromatic N) is 1. The zero-order valence-corrected chi connectivity index (χ0v) is 11.8. The molecular weight excluding hydrogens is 274 g/mol. The highest BCUT2D eigenvalue weighted by Gasteiger charge is 2.26. The largest absolute Gasteiger partial charge is 0.378 e. The van der Waals surface area contributed by atoms with Crippen LogP contribution < -0.4 is 21.5 Å². The molecule has 0 spiro atoms. The van der Waals surface area contributed by atoms with Crippen molar-refractivity contribution in [3.63, 3.8) is 0 Å². The van der Waals surface area contributed by atoms with Crippen LogP contribution in [0.5, 0.6) is 0 Å². The number of hydrogen-bond acceptors (Lipinski definition) is 6. The number of nitro benzene ring substituents is 1. The summed E-state index contributed by atoms with van der Waals surface area (Å²) in [4.78, 5) is 22.2. The average molecular weight is 293 g/mol. The van der Waals surface area contributed by atoms with Crippen LogP contribution in [0.4, 0.5) is 11.4 Å². The van der Waals surface area contributed by atoms with Crippen LogP contribution in [-0.2, 0) is 4.79 Å². The first-order chi connectivity index (χ1) is 10.1. The van der Waals surface area contributed by atoms with Gasteiger partial charge in [-0.2, -0.15) is 0 Å². The lowest BCUT2D eigenvalue weighted by molar-refractivity contribution is -0.384. The third kappa shape index (κ3) is 4.14. The van der Waals surface area contributed by atoms with Gasteiger partial charge < -0.3 is 10.6 Å². The topological polar surface area (TPSA) is 108 Å². The minimum absolute atomic E-state index is 0.0271. The molecule has 21 heavy (non-hydrogen) atoms.